The van der Waals surface area contributed by atoms with Crippen LogP contribution in [0.15, 0.2) is 6.07 Å². The van der Waals surface area contributed by atoms with Gasteiger partial charge < -0.3 is 4.79 Å². The average molecular weight is 223 g/mol. The summed E-state index contributed by atoms with van der Waals surface area (Å²) < 4.78 is 38.7. The third-order valence-electron chi connectivity index (χ3n) is 1.71. The van der Waals surface area contributed by atoms with Crippen molar-refractivity contribution in [2.24, 2.45) is 0 Å². The van der Waals surface area contributed by atoms with E-state index in [1.54, 1.807) is 0 Å². The predicted octanol–water partition coefficient (Wildman–Crippen LogP) is 2.89. The lowest BCUT2D eigenvalue weighted by molar-refractivity contribution is -0.107. The minimum absolute atomic E-state index is 0.0113. The second-order valence-electron chi connectivity index (χ2n) is 2.66. The molecule has 0 saturated heterocycles. The highest BCUT2D eigenvalue weighted by Gasteiger charge is 2.16. The van der Waals surface area contributed by atoms with Gasteiger partial charge in [0.15, 0.2) is 11.6 Å². The number of carbonyl (C=O) groups excluding carboxylic acids is 1. The molecular formula is C9H6ClF3O. The Hall–Kier alpha value is -1.03. The average Bonchev–Trinajstić information content (AvgIpc) is 2.18. The van der Waals surface area contributed by atoms with Crippen molar-refractivity contribution < 1.29 is 18.0 Å². The van der Waals surface area contributed by atoms with Gasteiger partial charge >= 0.3 is 0 Å². The molecule has 0 atom stereocenters. The number of aldehydes is 1. The predicted molar refractivity (Wildman–Crippen MR) is 45.7 cm³/mol. The van der Waals surface area contributed by atoms with Gasteiger partial charge in [-0.15, -0.1) is 0 Å². The van der Waals surface area contributed by atoms with Crippen LogP contribution in [0.3, 0.4) is 0 Å². The Morgan fingerprint density at radius 3 is 2.50 bits per heavy atom. The minimum atomic E-state index is -1.41. The highest BCUT2D eigenvalue weighted by Crippen LogP contribution is 2.24. The SMILES string of the molecule is O=CCCc1cc(F)c(Cl)c(F)c1F. The van der Waals surface area contributed by atoms with Gasteiger partial charge in [0.05, 0.1) is 0 Å². The summed E-state index contributed by atoms with van der Waals surface area (Å²) in [6, 6.07) is 0.796. The van der Waals surface area contributed by atoms with Gasteiger partial charge in [-0.2, -0.15) is 0 Å². The molecule has 1 aromatic rings. The van der Waals surface area contributed by atoms with E-state index in [-0.39, 0.29) is 18.4 Å². The zero-order valence-electron chi connectivity index (χ0n) is 6.99. The first-order valence-corrected chi connectivity index (χ1v) is 4.21. The smallest absolute Gasteiger partial charge is 0.180 e. The van der Waals surface area contributed by atoms with Crippen LogP contribution >= 0.6 is 11.6 Å². The number of halogens is 4. The van der Waals surface area contributed by atoms with Crippen molar-refractivity contribution in [3.8, 4) is 0 Å². The Balaban J connectivity index is 3.12. The van der Waals surface area contributed by atoms with Crippen LogP contribution in [0, 0.1) is 17.5 Å². The Morgan fingerprint density at radius 1 is 1.29 bits per heavy atom. The van der Waals surface area contributed by atoms with E-state index in [0.29, 0.717) is 6.29 Å². The van der Waals surface area contributed by atoms with E-state index in [9.17, 15) is 18.0 Å². The number of rotatable bonds is 3. The van der Waals surface area contributed by atoms with E-state index in [0.717, 1.165) is 6.07 Å². The van der Waals surface area contributed by atoms with E-state index in [2.05, 4.69) is 0 Å². The first kappa shape index (κ1) is 11.0. The van der Waals surface area contributed by atoms with E-state index in [1.165, 1.54) is 0 Å². The molecule has 0 unspecified atom stereocenters. The number of hydrogen-bond donors (Lipinski definition) is 0. The molecule has 0 spiro atoms. The maximum absolute atomic E-state index is 13.0. The normalized spacial score (nSPS) is 10.3. The van der Waals surface area contributed by atoms with Gasteiger partial charge in [-0.25, -0.2) is 13.2 Å². The molecule has 0 aliphatic heterocycles. The zero-order chi connectivity index (χ0) is 10.7. The van der Waals surface area contributed by atoms with E-state index in [1.807, 2.05) is 0 Å². The fourth-order valence-corrected chi connectivity index (χ4v) is 1.16. The summed E-state index contributed by atoms with van der Waals surface area (Å²) in [5, 5.41) is -0.864. The minimum Gasteiger partial charge on any atom is -0.303 e. The number of benzene rings is 1. The molecule has 0 bridgehead atoms. The molecule has 0 aliphatic carbocycles. The largest absolute Gasteiger partial charge is 0.303 e. The summed E-state index contributed by atoms with van der Waals surface area (Å²) in [6.07, 6.45) is 0.516. The first-order chi connectivity index (χ1) is 6.57. The molecule has 0 aromatic heterocycles. The lowest BCUT2D eigenvalue weighted by Gasteiger charge is -2.04. The molecule has 5 heteroatoms. The molecule has 0 amide bonds. The highest BCUT2D eigenvalue weighted by atomic mass is 35.5. The third-order valence-corrected chi connectivity index (χ3v) is 2.06. The Bertz CT molecular complexity index is 366. The van der Waals surface area contributed by atoms with Crippen LogP contribution in [-0.2, 0) is 11.2 Å². The lowest BCUT2D eigenvalue weighted by Crippen LogP contribution is -1.98. The summed E-state index contributed by atoms with van der Waals surface area (Å²) in [5.74, 6) is -3.63. The Morgan fingerprint density at radius 2 is 1.93 bits per heavy atom. The van der Waals surface area contributed by atoms with Crippen LogP contribution in [-0.4, -0.2) is 6.29 Å². The summed E-state index contributed by atoms with van der Waals surface area (Å²) >= 11 is 5.13. The monoisotopic (exact) mass is 222 g/mol. The van der Waals surface area contributed by atoms with Crippen molar-refractivity contribution in [3.63, 3.8) is 0 Å². The molecule has 0 fully saturated rings. The van der Waals surface area contributed by atoms with Crippen molar-refractivity contribution in [3.05, 3.63) is 34.1 Å². The van der Waals surface area contributed by atoms with Gasteiger partial charge in [-0.1, -0.05) is 11.6 Å². The fraction of sp³-hybridized carbons (Fsp3) is 0.222. The maximum Gasteiger partial charge on any atom is 0.180 e. The van der Waals surface area contributed by atoms with Gasteiger partial charge in [0, 0.05) is 6.42 Å². The molecule has 0 heterocycles. The van der Waals surface area contributed by atoms with Crippen molar-refractivity contribution >= 4 is 17.9 Å². The zero-order valence-corrected chi connectivity index (χ0v) is 7.74. The van der Waals surface area contributed by atoms with Crippen LogP contribution in [0.4, 0.5) is 13.2 Å². The van der Waals surface area contributed by atoms with Crippen molar-refractivity contribution in [2.45, 2.75) is 12.8 Å². The maximum atomic E-state index is 13.0. The molecule has 1 nitrogen and oxygen atoms in total. The van der Waals surface area contributed by atoms with Crippen LogP contribution in [0.25, 0.3) is 0 Å². The van der Waals surface area contributed by atoms with Crippen molar-refractivity contribution in [1.82, 2.24) is 0 Å². The number of carbonyl (C=O) groups is 1. The van der Waals surface area contributed by atoms with Crippen molar-refractivity contribution in [2.75, 3.05) is 0 Å². The summed E-state index contributed by atoms with van der Waals surface area (Å²) in [6.45, 7) is 0. The van der Waals surface area contributed by atoms with Gasteiger partial charge in [0.25, 0.3) is 0 Å². The topological polar surface area (TPSA) is 17.1 Å². The molecule has 0 saturated carbocycles. The van der Waals surface area contributed by atoms with Crippen LogP contribution in [0.2, 0.25) is 5.02 Å². The number of hydrogen-bond acceptors (Lipinski definition) is 1. The molecule has 0 radical (unpaired) electrons. The van der Waals surface area contributed by atoms with E-state index in [4.69, 9.17) is 11.6 Å². The molecular weight excluding hydrogens is 217 g/mol. The second kappa shape index (κ2) is 4.46. The molecule has 0 aliphatic rings. The second-order valence-corrected chi connectivity index (χ2v) is 3.04. The van der Waals surface area contributed by atoms with Gasteiger partial charge in [0.2, 0.25) is 0 Å². The van der Waals surface area contributed by atoms with Crippen LogP contribution < -0.4 is 0 Å². The van der Waals surface area contributed by atoms with Crippen LogP contribution in [0.5, 0.6) is 0 Å². The van der Waals surface area contributed by atoms with Crippen LogP contribution in [0.1, 0.15) is 12.0 Å². The summed E-state index contributed by atoms with van der Waals surface area (Å²) in [4.78, 5) is 9.99. The Kier molecular flexibility index (Phi) is 3.52. The van der Waals surface area contributed by atoms with E-state index >= 15 is 0 Å². The lowest BCUT2D eigenvalue weighted by atomic mass is 10.1. The van der Waals surface area contributed by atoms with Gasteiger partial charge in [-0.05, 0) is 18.1 Å². The molecule has 76 valence electrons. The summed E-state index contributed by atoms with van der Waals surface area (Å²) in [7, 11) is 0. The highest BCUT2D eigenvalue weighted by molar-refractivity contribution is 6.30. The first-order valence-electron chi connectivity index (χ1n) is 3.83. The fourth-order valence-electron chi connectivity index (χ4n) is 1.02. The molecule has 14 heavy (non-hydrogen) atoms. The van der Waals surface area contributed by atoms with Crippen molar-refractivity contribution in [1.29, 1.82) is 0 Å². The van der Waals surface area contributed by atoms with Gasteiger partial charge in [-0.3, -0.25) is 0 Å². The van der Waals surface area contributed by atoms with Gasteiger partial charge in [0.1, 0.15) is 17.1 Å². The molecule has 1 aromatic carbocycles. The number of aryl methyl sites for hydroxylation is 1. The quantitative estimate of drug-likeness (QED) is 0.437. The third kappa shape index (κ3) is 2.07. The standard InChI is InChI=1S/C9H6ClF3O/c10-7-6(11)4-5(2-1-3-14)8(12)9(7)13/h3-4H,1-2H2. The summed E-state index contributed by atoms with van der Waals surface area (Å²) in [5.41, 5.74) is -0.184. The Labute approximate surface area is 83.5 Å². The van der Waals surface area contributed by atoms with E-state index < -0.39 is 22.5 Å². The molecule has 1 rings (SSSR count). The molecule has 0 N–H and O–H groups in total.